The molecule has 5 nitrogen and oxygen atoms in total. The van der Waals surface area contributed by atoms with Crippen LogP contribution >= 0.6 is 0 Å². The molecule has 1 aromatic heterocycles. The van der Waals surface area contributed by atoms with Gasteiger partial charge in [-0.15, -0.1) is 0 Å². The van der Waals surface area contributed by atoms with Crippen LogP contribution in [0.25, 0.3) is 0 Å². The van der Waals surface area contributed by atoms with Gasteiger partial charge in [-0.05, 0) is 25.5 Å². The van der Waals surface area contributed by atoms with Gasteiger partial charge in [0.25, 0.3) is 0 Å². The molecule has 17 heavy (non-hydrogen) atoms. The highest BCUT2D eigenvalue weighted by atomic mass is 16.2. The zero-order valence-corrected chi connectivity index (χ0v) is 10.0. The maximum Gasteiger partial charge on any atom is 0.317 e. The fourth-order valence-corrected chi connectivity index (χ4v) is 2.01. The van der Waals surface area contributed by atoms with Crippen molar-refractivity contribution in [2.75, 3.05) is 25.0 Å². The van der Waals surface area contributed by atoms with Crippen LogP contribution in [-0.4, -0.2) is 41.6 Å². The van der Waals surface area contributed by atoms with Crippen LogP contribution in [0.3, 0.4) is 0 Å². The van der Waals surface area contributed by atoms with Crippen molar-refractivity contribution < 1.29 is 4.79 Å². The lowest BCUT2D eigenvalue weighted by Gasteiger charge is -2.17. The number of hydrogen-bond acceptors (Lipinski definition) is 3. The first-order valence-corrected chi connectivity index (χ1v) is 5.99. The lowest BCUT2D eigenvalue weighted by Crippen LogP contribution is -2.39. The van der Waals surface area contributed by atoms with Crippen molar-refractivity contribution in [3.8, 4) is 0 Å². The number of nitrogens with one attached hydrogen (secondary N) is 2. The van der Waals surface area contributed by atoms with E-state index in [1.54, 1.807) is 12.4 Å². The normalized spacial score (nSPS) is 19.1. The zero-order valence-electron chi connectivity index (χ0n) is 10.0. The van der Waals surface area contributed by atoms with E-state index in [1.807, 2.05) is 24.0 Å². The molecule has 1 aromatic rings. The molecule has 2 amide bonds. The molecular formula is C12H18N4O. The number of pyridine rings is 1. The Morgan fingerprint density at radius 2 is 2.53 bits per heavy atom. The Bertz CT molecular complexity index is 368. The van der Waals surface area contributed by atoms with Gasteiger partial charge in [0.2, 0.25) is 0 Å². The van der Waals surface area contributed by atoms with Gasteiger partial charge in [0.15, 0.2) is 0 Å². The topological polar surface area (TPSA) is 57.3 Å². The number of carbonyl (C=O) groups excluding carboxylic acids is 1. The third-order valence-electron chi connectivity index (χ3n) is 2.84. The standard InChI is InChI=1S/C12H18N4O/c1-2-14-12(17)16-7-5-11(9-16)15-10-4-3-6-13-8-10/h3-4,6,8,11,15H,2,5,7,9H2,1H3,(H,14,17)/t11-/m0/s1. The summed E-state index contributed by atoms with van der Waals surface area (Å²) in [5.74, 6) is 0. The summed E-state index contributed by atoms with van der Waals surface area (Å²) >= 11 is 0. The van der Waals surface area contributed by atoms with Gasteiger partial charge in [-0.25, -0.2) is 4.79 Å². The lowest BCUT2D eigenvalue weighted by atomic mass is 10.2. The second kappa shape index (κ2) is 5.52. The highest BCUT2D eigenvalue weighted by molar-refractivity contribution is 5.74. The van der Waals surface area contributed by atoms with Crippen molar-refractivity contribution in [3.05, 3.63) is 24.5 Å². The number of hydrogen-bond donors (Lipinski definition) is 2. The number of carbonyl (C=O) groups is 1. The van der Waals surface area contributed by atoms with Crippen LogP contribution in [0.5, 0.6) is 0 Å². The van der Waals surface area contributed by atoms with Crippen molar-refractivity contribution in [3.63, 3.8) is 0 Å². The first-order chi connectivity index (χ1) is 8.29. The number of nitrogens with zero attached hydrogens (tertiary/aromatic N) is 2. The predicted molar refractivity (Wildman–Crippen MR) is 66.9 cm³/mol. The van der Waals surface area contributed by atoms with E-state index in [9.17, 15) is 4.79 Å². The Balaban J connectivity index is 1.84. The maximum atomic E-state index is 11.6. The summed E-state index contributed by atoms with van der Waals surface area (Å²) in [6, 6.07) is 4.24. The molecular weight excluding hydrogens is 216 g/mol. The molecule has 0 radical (unpaired) electrons. The van der Waals surface area contributed by atoms with E-state index < -0.39 is 0 Å². The van der Waals surface area contributed by atoms with Crippen molar-refractivity contribution in [1.29, 1.82) is 0 Å². The summed E-state index contributed by atoms with van der Waals surface area (Å²) in [7, 11) is 0. The molecule has 2 heterocycles. The fraction of sp³-hybridized carbons (Fsp3) is 0.500. The molecule has 5 heteroatoms. The minimum atomic E-state index is 0.0305. The third-order valence-corrected chi connectivity index (χ3v) is 2.84. The minimum absolute atomic E-state index is 0.0305. The van der Waals surface area contributed by atoms with Gasteiger partial charge in [0.05, 0.1) is 5.69 Å². The quantitative estimate of drug-likeness (QED) is 0.828. The van der Waals surface area contributed by atoms with Crippen LogP contribution in [0.2, 0.25) is 0 Å². The van der Waals surface area contributed by atoms with E-state index in [4.69, 9.17) is 0 Å². The average molecular weight is 234 g/mol. The molecule has 92 valence electrons. The molecule has 1 aliphatic rings. The van der Waals surface area contributed by atoms with Gasteiger partial charge >= 0.3 is 6.03 Å². The fourth-order valence-electron chi connectivity index (χ4n) is 2.01. The first-order valence-electron chi connectivity index (χ1n) is 5.99. The second-order valence-corrected chi connectivity index (χ2v) is 4.15. The zero-order chi connectivity index (χ0) is 12.1. The molecule has 0 spiro atoms. The van der Waals surface area contributed by atoms with E-state index in [-0.39, 0.29) is 6.03 Å². The Morgan fingerprint density at radius 1 is 1.65 bits per heavy atom. The highest BCUT2D eigenvalue weighted by Gasteiger charge is 2.25. The van der Waals surface area contributed by atoms with E-state index in [1.165, 1.54) is 0 Å². The Kier molecular flexibility index (Phi) is 3.80. The van der Waals surface area contributed by atoms with Gasteiger partial charge in [0, 0.05) is 38.1 Å². The molecule has 2 rings (SSSR count). The van der Waals surface area contributed by atoms with Crippen LogP contribution in [0.4, 0.5) is 10.5 Å². The molecule has 1 atom stereocenters. The number of aromatic nitrogens is 1. The monoisotopic (exact) mass is 234 g/mol. The average Bonchev–Trinajstić information content (AvgIpc) is 2.79. The summed E-state index contributed by atoms with van der Waals surface area (Å²) in [6.07, 6.45) is 4.53. The Morgan fingerprint density at radius 3 is 3.24 bits per heavy atom. The minimum Gasteiger partial charge on any atom is -0.379 e. The molecule has 1 fully saturated rings. The van der Waals surface area contributed by atoms with Crippen molar-refractivity contribution in [1.82, 2.24) is 15.2 Å². The Labute approximate surface area is 101 Å². The molecule has 0 aromatic carbocycles. The van der Waals surface area contributed by atoms with Crippen LogP contribution in [0.15, 0.2) is 24.5 Å². The van der Waals surface area contributed by atoms with E-state index in [0.29, 0.717) is 12.6 Å². The summed E-state index contributed by atoms with van der Waals surface area (Å²) in [5, 5.41) is 6.20. The lowest BCUT2D eigenvalue weighted by molar-refractivity contribution is 0.209. The third kappa shape index (κ3) is 3.09. The largest absolute Gasteiger partial charge is 0.379 e. The molecule has 1 saturated heterocycles. The van der Waals surface area contributed by atoms with E-state index >= 15 is 0 Å². The molecule has 0 aliphatic carbocycles. The predicted octanol–water partition coefficient (Wildman–Crippen LogP) is 1.30. The van der Waals surface area contributed by atoms with Gasteiger partial charge in [-0.3, -0.25) is 4.98 Å². The number of rotatable bonds is 3. The van der Waals surface area contributed by atoms with Crippen LogP contribution < -0.4 is 10.6 Å². The summed E-state index contributed by atoms with van der Waals surface area (Å²) in [6.45, 7) is 4.17. The maximum absolute atomic E-state index is 11.6. The SMILES string of the molecule is CCNC(=O)N1CC[C@H](Nc2cccnc2)C1. The van der Waals surface area contributed by atoms with Gasteiger partial charge in [-0.1, -0.05) is 0 Å². The highest BCUT2D eigenvalue weighted by Crippen LogP contribution is 2.14. The molecule has 0 saturated carbocycles. The van der Waals surface area contributed by atoms with Crippen molar-refractivity contribution in [2.24, 2.45) is 0 Å². The van der Waals surface area contributed by atoms with Gasteiger partial charge in [-0.2, -0.15) is 0 Å². The second-order valence-electron chi connectivity index (χ2n) is 4.15. The number of anilines is 1. The Hall–Kier alpha value is -1.78. The van der Waals surface area contributed by atoms with Crippen LogP contribution in [-0.2, 0) is 0 Å². The molecule has 1 aliphatic heterocycles. The number of amides is 2. The summed E-state index contributed by atoms with van der Waals surface area (Å²) in [4.78, 5) is 17.5. The van der Waals surface area contributed by atoms with E-state index in [2.05, 4.69) is 15.6 Å². The summed E-state index contributed by atoms with van der Waals surface area (Å²) in [5.41, 5.74) is 1.01. The summed E-state index contributed by atoms with van der Waals surface area (Å²) < 4.78 is 0. The molecule has 0 unspecified atom stereocenters. The molecule has 2 N–H and O–H groups in total. The smallest absolute Gasteiger partial charge is 0.317 e. The number of likely N-dealkylation sites (tertiary alicyclic amines) is 1. The molecule has 0 bridgehead atoms. The van der Waals surface area contributed by atoms with Crippen molar-refractivity contribution in [2.45, 2.75) is 19.4 Å². The van der Waals surface area contributed by atoms with Gasteiger partial charge in [0.1, 0.15) is 0 Å². The van der Waals surface area contributed by atoms with E-state index in [0.717, 1.165) is 25.2 Å². The van der Waals surface area contributed by atoms with Crippen LogP contribution in [0.1, 0.15) is 13.3 Å². The number of urea groups is 1. The van der Waals surface area contributed by atoms with Gasteiger partial charge < -0.3 is 15.5 Å². The van der Waals surface area contributed by atoms with Crippen LogP contribution in [0, 0.1) is 0 Å². The van der Waals surface area contributed by atoms with Crippen molar-refractivity contribution >= 4 is 11.7 Å². The first kappa shape index (κ1) is 11.7.